The number of hydrogen-bond donors (Lipinski definition) is 2. The smallest absolute Gasteiger partial charge is 0.331 e. The molecule has 3 unspecified atom stereocenters. The van der Waals surface area contributed by atoms with Crippen molar-refractivity contribution in [1.82, 2.24) is 9.55 Å². The summed E-state index contributed by atoms with van der Waals surface area (Å²) in [5.74, 6) is 0.767. The summed E-state index contributed by atoms with van der Waals surface area (Å²) in [6, 6.07) is 0. The number of carbonyl (C=O) groups is 2. The fraction of sp³-hybridized carbons (Fsp3) is 0.667. The second-order valence-corrected chi connectivity index (χ2v) is 12.7. The molecule has 1 fully saturated rings. The minimum absolute atomic E-state index is 0.102. The first-order chi connectivity index (χ1) is 20.5. The van der Waals surface area contributed by atoms with E-state index in [1.807, 2.05) is 17.8 Å². The standard InChI is InChI=1S/C33H48N2O8/c1-20(2)26-12-10-21(3)27-15-25(43-30(38)13-11-24-16-35(5)19-34-24)9-7-6-8-23(14-28(26)27)17-40-33-32(42-22(4)36)31(39)29(37)18-41-33/h6-7,10-11,13,16,19-20,23,25-29,31-33,37,39H,8-9,12,14-15,17-18H2,1-5H3/b7-6-,13-11+/t23?,25-,26-,27+,28-,29-,31?,32?,33-/m1/s1. The lowest BCUT2D eigenvalue weighted by Crippen LogP contribution is -2.55. The summed E-state index contributed by atoms with van der Waals surface area (Å²) < 4.78 is 24.9. The summed E-state index contributed by atoms with van der Waals surface area (Å²) in [7, 11) is 1.88. The van der Waals surface area contributed by atoms with Gasteiger partial charge in [0.25, 0.3) is 0 Å². The summed E-state index contributed by atoms with van der Waals surface area (Å²) in [4.78, 5) is 28.7. The number of hydrogen-bond acceptors (Lipinski definition) is 9. The number of ether oxygens (including phenoxy) is 4. The van der Waals surface area contributed by atoms with E-state index in [4.69, 9.17) is 18.9 Å². The predicted octanol–water partition coefficient (Wildman–Crippen LogP) is 3.97. The first-order valence-electron chi connectivity index (χ1n) is 15.5. The quantitative estimate of drug-likeness (QED) is 0.259. The third kappa shape index (κ3) is 9.11. The van der Waals surface area contributed by atoms with Crippen molar-refractivity contribution in [2.24, 2.45) is 36.6 Å². The molecule has 10 nitrogen and oxygen atoms in total. The number of rotatable bonds is 8. The van der Waals surface area contributed by atoms with Crippen LogP contribution in [0.3, 0.4) is 0 Å². The van der Waals surface area contributed by atoms with Crippen LogP contribution in [-0.2, 0) is 35.6 Å². The summed E-state index contributed by atoms with van der Waals surface area (Å²) in [6.07, 6.45) is 12.5. The maximum Gasteiger partial charge on any atom is 0.331 e. The second kappa shape index (κ2) is 15.3. The molecule has 0 radical (unpaired) electrons. The van der Waals surface area contributed by atoms with Crippen LogP contribution in [0, 0.1) is 29.6 Å². The highest BCUT2D eigenvalue weighted by Gasteiger charge is 2.43. The highest BCUT2D eigenvalue weighted by atomic mass is 16.7. The van der Waals surface area contributed by atoms with E-state index in [0.717, 1.165) is 25.7 Å². The number of nitrogens with zero attached hydrogens (tertiary/aromatic N) is 2. The molecule has 0 spiro atoms. The molecule has 2 N–H and O–H groups in total. The Balaban J connectivity index is 1.49. The fourth-order valence-electron chi connectivity index (χ4n) is 6.71. The van der Waals surface area contributed by atoms with Crippen LogP contribution in [0.15, 0.2) is 42.4 Å². The summed E-state index contributed by atoms with van der Waals surface area (Å²) >= 11 is 0. The molecule has 238 valence electrons. The van der Waals surface area contributed by atoms with Crippen molar-refractivity contribution in [3.05, 3.63) is 48.1 Å². The summed E-state index contributed by atoms with van der Waals surface area (Å²) in [5.41, 5.74) is 2.03. The van der Waals surface area contributed by atoms with Crippen LogP contribution in [-0.4, -0.2) is 75.6 Å². The van der Waals surface area contributed by atoms with Gasteiger partial charge >= 0.3 is 11.9 Å². The molecule has 0 aromatic carbocycles. The van der Waals surface area contributed by atoms with Gasteiger partial charge in [-0.1, -0.05) is 37.6 Å². The van der Waals surface area contributed by atoms with Gasteiger partial charge in [0.15, 0.2) is 12.4 Å². The molecule has 1 aromatic rings. The van der Waals surface area contributed by atoms with Gasteiger partial charge in [-0.25, -0.2) is 9.78 Å². The lowest BCUT2D eigenvalue weighted by Gasteiger charge is -2.43. The molecule has 4 rings (SSSR count). The molecule has 0 bridgehead atoms. The Kier molecular flexibility index (Phi) is 11.8. The largest absolute Gasteiger partial charge is 0.459 e. The van der Waals surface area contributed by atoms with Gasteiger partial charge in [0.05, 0.1) is 25.2 Å². The van der Waals surface area contributed by atoms with Crippen molar-refractivity contribution in [2.45, 2.75) is 90.5 Å². The molecule has 10 heteroatoms. The third-order valence-electron chi connectivity index (χ3n) is 9.00. The van der Waals surface area contributed by atoms with Crippen LogP contribution < -0.4 is 0 Å². The van der Waals surface area contributed by atoms with E-state index < -0.39 is 30.6 Å². The number of esters is 2. The van der Waals surface area contributed by atoms with E-state index >= 15 is 0 Å². The van der Waals surface area contributed by atoms with Gasteiger partial charge in [-0.3, -0.25) is 4.79 Å². The molecule has 9 atom stereocenters. The number of fused-ring (bicyclic) bond motifs is 1. The molecular formula is C33H48N2O8. The molecule has 1 aromatic heterocycles. The maximum absolute atomic E-state index is 12.8. The van der Waals surface area contributed by atoms with Crippen molar-refractivity contribution in [3.8, 4) is 0 Å². The molecule has 2 aliphatic carbocycles. The lowest BCUT2D eigenvalue weighted by molar-refractivity contribution is -0.277. The molecule has 1 aliphatic heterocycles. The monoisotopic (exact) mass is 600 g/mol. The Bertz CT molecular complexity index is 1170. The van der Waals surface area contributed by atoms with E-state index in [2.05, 4.69) is 44.0 Å². The number of aryl methyl sites for hydroxylation is 1. The van der Waals surface area contributed by atoms with Gasteiger partial charge in [0, 0.05) is 32.7 Å². The van der Waals surface area contributed by atoms with Gasteiger partial charge in [0.1, 0.15) is 18.3 Å². The van der Waals surface area contributed by atoms with Gasteiger partial charge in [-0.05, 0) is 68.3 Å². The van der Waals surface area contributed by atoms with Crippen molar-refractivity contribution < 1.29 is 38.7 Å². The molecule has 1 saturated heterocycles. The zero-order valence-electron chi connectivity index (χ0n) is 26.0. The van der Waals surface area contributed by atoms with Gasteiger partial charge < -0.3 is 33.7 Å². The average Bonchev–Trinajstić information content (AvgIpc) is 3.37. The Morgan fingerprint density at radius 2 is 1.93 bits per heavy atom. The third-order valence-corrected chi connectivity index (χ3v) is 9.00. The zero-order valence-corrected chi connectivity index (χ0v) is 26.0. The van der Waals surface area contributed by atoms with Crippen LogP contribution in [0.5, 0.6) is 0 Å². The Labute approximate surface area is 254 Å². The number of carbonyl (C=O) groups excluding carboxylic acids is 2. The highest BCUT2D eigenvalue weighted by molar-refractivity contribution is 5.86. The van der Waals surface area contributed by atoms with Crippen LogP contribution in [0.1, 0.15) is 65.5 Å². The summed E-state index contributed by atoms with van der Waals surface area (Å²) in [6.45, 7) is 8.23. The molecule has 0 amide bonds. The minimum atomic E-state index is -1.29. The Morgan fingerprint density at radius 1 is 1.16 bits per heavy atom. The van der Waals surface area contributed by atoms with E-state index in [-0.39, 0.29) is 30.5 Å². The van der Waals surface area contributed by atoms with E-state index in [0.29, 0.717) is 36.5 Å². The summed E-state index contributed by atoms with van der Waals surface area (Å²) in [5, 5.41) is 20.5. The molecule has 0 saturated carbocycles. The van der Waals surface area contributed by atoms with Crippen LogP contribution in [0.25, 0.3) is 6.08 Å². The number of aliphatic hydroxyl groups is 2. The SMILES string of the molecule is CC(=O)OC1C(O)[C@H](O)CO[C@H]1OCC1C/C=C\C[C@@H](OC(=O)/C=C/c2cn(C)cn2)C[C@H]2C(C)=CC[C@H](C(C)C)[C@H]2C1. The highest BCUT2D eigenvalue weighted by Crippen LogP contribution is 2.45. The van der Waals surface area contributed by atoms with E-state index in [1.54, 1.807) is 12.4 Å². The van der Waals surface area contributed by atoms with Crippen LogP contribution in [0.2, 0.25) is 0 Å². The van der Waals surface area contributed by atoms with Crippen molar-refractivity contribution in [1.29, 1.82) is 0 Å². The number of aliphatic hydroxyl groups excluding tert-OH is 2. The van der Waals surface area contributed by atoms with Crippen LogP contribution in [0.4, 0.5) is 0 Å². The fourth-order valence-corrected chi connectivity index (χ4v) is 6.71. The van der Waals surface area contributed by atoms with E-state index in [1.165, 1.54) is 18.6 Å². The van der Waals surface area contributed by atoms with Gasteiger partial charge in [-0.2, -0.15) is 0 Å². The van der Waals surface area contributed by atoms with Crippen molar-refractivity contribution in [3.63, 3.8) is 0 Å². The molecule has 43 heavy (non-hydrogen) atoms. The lowest BCUT2D eigenvalue weighted by atomic mass is 9.63. The number of allylic oxidation sites excluding steroid dienone is 3. The van der Waals surface area contributed by atoms with Gasteiger partial charge in [-0.15, -0.1) is 0 Å². The number of aromatic nitrogens is 2. The molecule has 2 heterocycles. The first kappa shape index (κ1) is 33.1. The van der Waals surface area contributed by atoms with Crippen molar-refractivity contribution >= 4 is 18.0 Å². The normalized spacial score (nSPS) is 34.3. The number of imidazole rings is 1. The van der Waals surface area contributed by atoms with Crippen molar-refractivity contribution in [2.75, 3.05) is 13.2 Å². The second-order valence-electron chi connectivity index (χ2n) is 12.7. The van der Waals surface area contributed by atoms with Crippen LogP contribution >= 0.6 is 0 Å². The average molecular weight is 601 g/mol. The molecular weight excluding hydrogens is 552 g/mol. The zero-order chi connectivity index (χ0) is 31.1. The van der Waals surface area contributed by atoms with E-state index in [9.17, 15) is 19.8 Å². The Morgan fingerprint density at radius 3 is 2.63 bits per heavy atom. The Hall–Kier alpha value is -2.79. The molecule has 3 aliphatic rings. The predicted molar refractivity (Wildman–Crippen MR) is 160 cm³/mol. The maximum atomic E-state index is 12.8. The topological polar surface area (TPSA) is 129 Å². The first-order valence-corrected chi connectivity index (χ1v) is 15.5. The van der Waals surface area contributed by atoms with Gasteiger partial charge in [0.2, 0.25) is 0 Å². The minimum Gasteiger partial charge on any atom is -0.459 e.